The van der Waals surface area contributed by atoms with E-state index >= 15 is 0 Å². The number of benzene rings is 2. The van der Waals surface area contributed by atoms with Crippen molar-refractivity contribution in [2.24, 2.45) is 5.73 Å². The number of unbranched alkanes of at least 4 members (excludes halogenated alkanes) is 1. The van der Waals surface area contributed by atoms with Gasteiger partial charge >= 0.3 is 0 Å². The first-order chi connectivity index (χ1) is 8.83. The van der Waals surface area contributed by atoms with Crippen molar-refractivity contribution in [2.75, 3.05) is 13.7 Å². The van der Waals surface area contributed by atoms with E-state index in [0.29, 0.717) is 6.54 Å². The number of ether oxygens (including phenoxy) is 1. The zero-order chi connectivity index (χ0) is 12.8. The van der Waals surface area contributed by atoms with E-state index in [-0.39, 0.29) is 0 Å². The molecule has 2 N–H and O–H groups in total. The molecule has 0 unspecified atom stereocenters. The maximum absolute atomic E-state index is 5.43. The summed E-state index contributed by atoms with van der Waals surface area (Å²) in [6, 6.07) is 12.3. The molecule has 2 aromatic carbocycles. The summed E-state index contributed by atoms with van der Waals surface area (Å²) >= 11 is 0. The number of methoxy groups -OCH3 is 1. The molecule has 18 heavy (non-hydrogen) atoms. The van der Waals surface area contributed by atoms with Crippen molar-refractivity contribution in [1.29, 1.82) is 0 Å². The van der Waals surface area contributed by atoms with Gasteiger partial charge in [0.25, 0.3) is 0 Å². The zero-order valence-corrected chi connectivity index (χ0v) is 10.6. The van der Waals surface area contributed by atoms with Crippen LogP contribution < -0.4 is 10.5 Å². The Bertz CT molecular complexity index is 593. The Morgan fingerprint density at radius 2 is 1.89 bits per heavy atom. The molecule has 0 heterocycles. The molecule has 0 amide bonds. The fourth-order valence-electron chi connectivity index (χ4n) is 1.78. The summed E-state index contributed by atoms with van der Waals surface area (Å²) in [5, 5.41) is 2.35. The first-order valence-electron chi connectivity index (χ1n) is 6.10. The van der Waals surface area contributed by atoms with Crippen LogP contribution in [0.15, 0.2) is 36.4 Å². The molecule has 0 fully saturated rings. The maximum Gasteiger partial charge on any atom is 0.119 e. The first kappa shape index (κ1) is 12.5. The van der Waals surface area contributed by atoms with Gasteiger partial charge in [0.05, 0.1) is 7.11 Å². The Balaban J connectivity index is 2.24. The fourth-order valence-corrected chi connectivity index (χ4v) is 1.78. The van der Waals surface area contributed by atoms with Crippen LogP contribution in [0.25, 0.3) is 10.8 Å². The van der Waals surface area contributed by atoms with Crippen molar-refractivity contribution in [1.82, 2.24) is 0 Å². The molecule has 2 heteroatoms. The topological polar surface area (TPSA) is 35.2 Å². The first-order valence-corrected chi connectivity index (χ1v) is 6.10. The summed E-state index contributed by atoms with van der Waals surface area (Å²) in [7, 11) is 1.68. The molecule has 0 aliphatic carbocycles. The number of rotatable bonds is 3. The molecule has 0 radical (unpaired) electrons. The van der Waals surface area contributed by atoms with E-state index in [1.165, 1.54) is 10.8 Å². The lowest BCUT2D eigenvalue weighted by atomic mass is 10.1. The summed E-state index contributed by atoms with van der Waals surface area (Å²) < 4.78 is 5.20. The Morgan fingerprint density at radius 1 is 1.11 bits per heavy atom. The van der Waals surface area contributed by atoms with E-state index in [1.54, 1.807) is 7.11 Å². The number of nitrogens with two attached hydrogens (primary N) is 1. The second-order valence-electron chi connectivity index (χ2n) is 4.12. The molecule has 0 atom stereocenters. The van der Waals surface area contributed by atoms with Gasteiger partial charge in [-0.1, -0.05) is 24.0 Å². The third-order valence-electron chi connectivity index (χ3n) is 2.79. The van der Waals surface area contributed by atoms with Crippen LogP contribution in [-0.2, 0) is 0 Å². The van der Waals surface area contributed by atoms with Gasteiger partial charge < -0.3 is 10.5 Å². The van der Waals surface area contributed by atoms with Gasteiger partial charge in [-0.2, -0.15) is 0 Å². The normalized spacial score (nSPS) is 9.89. The summed E-state index contributed by atoms with van der Waals surface area (Å²) in [6.07, 6.45) is 1.81. The lowest BCUT2D eigenvalue weighted by Gasteiger charge is -2.02. The molecular formula is C16H17NO. The van der Waals surface area contributed by atoms with Gasteiger partial charge in [-0.05, 0) is 48.0 Å². The molecule has 0 saturated carbocycles. The van der Waals surface area contributed by atoms with E-state index in [2.05, 4.69) is 30.0 Å². The Morgan fingerprint density at radius 3 is 2.67 bits per heavy atom. The van der Waals surface area contributed by atoms with E-state index < -0.39 is 0 Å². The van der Waals surface area contributed by atoms with Crippen LogP contribution in [0, 0.1) is 11.8 Å². The van der Waals surface area contributed by atoms with E-state index in [4.69, 9.17) is 10.5 Å². The molecule has 0 bridgehead atoms. The monoisotopic (exact) mass is 239 g/mol. The average Bonchev–Trinajstić information content (AvgIpc) is 2.43. The predicted molar refractivity (Wildman–Crippen MR) is 75.7 cm³/mol. The number of hydrogen-bond donors (Lipinski definition) is 1. The highest BCUT2D eigenvalue weighted by atomic mass is 16.5. The lowest BCUT2D eigenvalue weighted by Crippen LogP contribution is -1.96. The Hall–Kier alpha value is -1.98. The smallest absolute Gasteiger partial charge is 0.119 e. The quantitative estimate of drug-likeness (QED) is 0.660. The number of fused-ring (bicyclic) bond motifs is 1. The molecule has 0 spiro atoms. The van der Waals surface area contributed by atoms with Gasteiger partial charge in [0.15, 0.2) is 0 Å². The molecule has 0 aromatic heterocycles. The average molecular weight is 239 g/mol. The van der Waals surface area contributed by atoms with E-state index in [1.807, 2.05) is 18.2 Å². The highest BCUT2D eigenvalue weighted by molar-refractivity contribution is 5.85. The minimum absolute atomic E-state index is 0.701. The van der Waals surface area contributed by atoms with Crippen LogP contribution in [-0.4, -0.2) is 13.7 Å². The molecular weight excluding hydrogens is 222 g/mol. The van der Waals surface area contributed by atoms with Crippen molar-refractivity contribution in [2.45, 2.75) is 12.8 Å². The minimum Gasteiger partial charge on any atom is -0.497 e. The molecule has 0 aliphatic heterocycles. The Labute approximate surface area is 108 Å². The van der Waals surface area contributed by atoms with Gasteiger partial charge in [0.2, 0.25) is 0 Å². The molecule has 0 aliphatic rings. The van der Waals surface area contributed by atoms with Gasteiger partial charge in [0.1, 0.15) is 5.75 Å². The molecule has 0 saturated heterocycles. The summed E-state index contributed by atoms with van der Waals surface area (Å²) in [6.45, 7) is 0.701. The van der Waals surface area contributed by atoms with E-state index in [9.17, 15) is 0 Å². The second-order valence-corrected chi connectivity index (χ2v) is 4.12. The van der Waals surface area contributed by atoms with E-state index in [0.717, 1.165) is 24.2 Å². The minimum atomic E-state index is 0.701. The summed E-state index contributed by atoms with van der Waals surface area (Å²) in [4.78, 5) is 0. The predicted octanol–water partition coefficient (Wildman–Crippen LogP) is 2.94. The van der Waals surface area contributed by atoms with Crippen molar-refractivity contribution in [3.05, 3.63) is 42.0 Å². The van der Waals surface area contributed by atoms with Crippen molar-refractivity contribution in [3.8, 4) is 17.6 Å². The van der Waals surface area contributed by atoms with Crippen LogP contribution in [0.2, 0.25) is 0 Å². The fraction of sp³-hybridized carbons (Fsp3) is 0.250. The Kier molecular flexibility index (Phi) is 4.22. The molecule has 2 rings (SSSR count). The van der Waals surface area contributed by atoms with Gasteiger partial charge in [-0.15, -0.1) is 0 Å². The number of hydrogen-bond acceptors (Lipinski definition) is 2. The second kappa shape index (κ2) is 6.09. The van der Waals surface area contributed by atoms with Crippen molar-refractivity contribution in [3.63, 3.8) is 0 Å². The third-order valence-corrected chi connectivity index (χ3v) is 2.79. The van der Waals surface area contributed by atoms with Crippen LogP contribution in [0.3, 0.4) is 0 Å². The molecule has 92 valence electrons. The van der Waals surface area contributed by atoms with Gasteiger partial charge in [-0.25, -0.2) is 0 Å². The van der Waals surface area contributed by atoms with Crippen LogP contribution in [0.5, 0.6) is 5.75 Å². The maximum atomic E-state index is 5.43. The molecule has 2 aromatic rings. The van der Waals surface area contributed by atoms with Crippen LogP contribution in [0.1, 0.15) is 18.4 Å². The zero-order valence-electron chi connectivity index (χ0n) is 10.6. The lowest BCUT2D eigenvalue weighted by molar-refractivity contribution is 0.415. The summed E-state index contributed by atoms with van der Waals surface area (Å²) in [5.41, 5.74) is 6.48. The van der Waals surface area contributed by atoms with Crippen LogP contribution in [0.4, 0.5) is 0 Å². The third kappa shape index (κ3) is 3.03. The molecule has 2 nitrogen and oxygen atoms in total. The van der Waals surface area contributed by atoms with Gasteiger partial charge in [0, 0.05) is 12.0 Å². The van der Waals surface area contributed by atoms with Crippen molar-refractivity contribution < 1.29 is 4.74 Å². The van der Waals surface area contributed by atoms with Gasteiger partial charge in [-0.3, -0.25) is 0 Å². The standard InChI is InChI=1S/C16H17NO/c1-18-16-9-8-14-11-13(5-3-2-4-10-17)6-7-15(14)12-16/h6-9,11-12H,2,4,10,17H2,1H3. The SMILES string of the molecule is COc1ccc2cc(C#CCCCN)ccc2c1. The largest absolute Gasteiger partial charge is 0.497 e. The highest BCUT2D eigenvalue weighted by Crippen LogP contribution is 2.21. The van der Waals surface area contributed by atoms with Crippen molar-refractivity contribution >= 4 is 10.8 Å². The van der Waals surface area contributed by atoms with Crippen LogP contribution >= 0.6 is 0 Å². The highest BCUT2D eigenvalue weighted by Gasteiger charge is 1.97. The summed E-state index contributed by atoms with van der Waals surface area (Å²) in [5.74, 6) is 7.18.